The number of rotatable bonds is 10. The van der Waals surface area contributed by atoms with Crippen LogP contribution in [0.1, 0.15) is 43.2 Å². The lowest BCUT2D eigenvalue weighted by Crippen LogP contribution is -2.38. The van der Waals surface area contributed by atoms with Crippen molar-refractivity contribution < 1.29 is 23.5 Å². The van der Waals surface area contributed by atoms with Crippen LogP contribution in [0.15, 0.2) is 60.9 Å². The van der Waals surface area contributed by atoms with Crippen molar-refractivity contribution >= 4 is 39.3 Å². The van der Waals surface area contributed by atoms with E-state index >= 15 is 0 Å². The highest BCUT2D eigenvalue weighted by atomic mass is 19.1. The van der Waals surface area contributed by atoms with Gasteiger partial charge in [-0.25, -0.2) is 4.39 Å². The third kappa shape index (κ3) is 6.10. The van der Waals surface area contributed by atoms with Gasteiger partial charge >= 0.3 is 0 Å². The molecule has 1 aliphatic heterocycles. The quantitative estimate of drug-likeness (QED) is 0.148. The van der Waals surface area contributed by atoms with Gasteiger partial charge in [-0.2, -0.15) is 0 Å². The molecule has 10 heteroatoms. The molecule has 1 fully saturated rings. The number of halogens is 1. The molecular weight excluding hydrogens is 573 g/mol. The maximum atomic E-state index is 13.9. The molecule has 3 heterocycles. The second-order valence-electron chi connectivity index (χ2n) is 11.4. The van der Waals surface area contributed by atoms with Gasteiger partial charge < -0.3 is 30.1 Å². The molecule has 1 saturated heterocycles. The number of piperidine rings is 1. The van der Waals surface area contributed by atoms with Crippen LogP contribution in [-0.4, -0.2) is 60.5 Å². The summed E-state index contributed by atoms with van der Waals surface area (Å²) in [5, 5.41) is 7.95. The number of methoxy groups -OCH3 is 2. The van der Waals surface area contributed by atoms with Gasteiger partial charge in [0.1, 0.15) is 5.82 Å². The number of likely N-dealkylation sites (tertiary alicyclic amines) is 1. The summed E-state index contributed by atoms with van der Waals surface area (Å²) < 4.78 is 25.7. The van der Waals surface area contributed by atoms with Gasteiger partial charge in [0, 0.05) is 58.3 Å². The van der Waals surface area contributed by atoms with Crippen molar-refractivity contribution in [3.8, 4) is 22.6 Å². The molecule has 0 bridgehead atoms. The number of H-pyrrole nitrogens is 2. The molecular formula is C35H38FN5O4. The molecule has 9 nitrogen and oxygen atoms in total. The summed E-state index contributed by atoms with van der Waals surface area (Å²) in [5.41, 5.74) is 5.96. The first-order chi connectivity index (χ1) is 21.9. The van der Waals surface area contributed by atoms with E-state index in [4.69, 9.17) is 9.47 Å². The maximum Gasteiger partial charge on any atom is 0.238 e. The molecule has 3 aromatic carbocycles. The summed E-state index contributed by atoms with van der Waals surface area (Å²) in [7, 11) is 3.12. The van der Waals surface area contributed by atoms with Crippen LogP contribution < -0.4 is 20.1 Å². The number of benzene rings is 3. The minimum Gasteiger partial charge on any atom is -0.492 e. The van der Waals surface area contributed by atoms with E-state index in [-0.39, 0.29) is 30.7 Å². The number of aromatic amines is 2. The first kappa shape index (κ1) is 30.2. The highest BCUT2D eigenvalue weighted by Crippen LogP contribution is 2.47. The van der Waals surface area contributed by atoms with E-state index in [0.29, 0.717) is 29.5 Å². The maximum absolute atomic E-state index is 13.9. The SMILES string of the molecule is CCC(=O)NCc1cc(NC(=O)CN2CCC(c3c[nH]c4ccc(F)cc34)CC2)c(OC)c(OC)c1-c1c[nH]c2ccccc12. The first-order valence-corrected chi connectivity index (χ1v) is 15.3. The number of fused-ring (bicyclic) bond motifs is 2. The number of amides is 2. The first-order valence-electron chi connectivity index (χ1n) is 15.3. The van der Waals surface area contributed by atoms with Gasteiger partial charge in [0.2, 0.25) is 11.8 Å². The van der Waals surface area contributed by atoms with Crippen molar-refractivity contribution in [1.82, 2.24) is 20.2 Å². The molecule has 1 aliphatic rings. The summed E-state index contributed by atoms with van der Waals surface area (Å²) in [6, 6.07) is 14.6. The number of carbonyl (C=O) groups excluding carboxylic acids is 2. The fourth-order valence-corrected chi connectivity index (χ4v) is 6.46. The van der Waals surface area contributed by atoms with Crippen LogP contribution in [0.25, 0.3) is 32.9 Å². The molecule has 0 radical (unpaired) electrons. The van der Waals surface area contributed by atoms with Gasteiger partial charge in [0.05, 0.1) is 26.5 Å². The Balaban J connectivity index is 1.23. The number of nitrogens with one attached hydrogen (secondary N) is 4. The lowest BCUT2D eigenvalue weighted by Gasteiger charge is -2.31. The lowest BCUT2D eigenvalue weighted by atomic mass is 9.89. The molecule has 5 aromatic rings. The third-order valence-corrected chi connectivity index (χ3v) is 8.73. The minimum atomic E-state index is -0.241. The zero-order valence-electron chi connectivity index (χ0n) is 25.8. The third-order valence-electron chi connectivity index (χ3n) is 8.73. The van der Waals surface area contributed by atoms with Crippen LogP contribution in [0.3, 0.4) is 0 Å². The van der Waals surface area contributed by atoms with Crippen LogP contribution in [-0.2, 0) is 16.1 Å². The van der Waals surface area contributed by atoms with Gasteiger partial charge in [-0.05, 0) is 73.3 Å². The average molecular weight is 612 g/mol. The normalized spacial score (nSPS) is 14.1. The summed E-state index contributed by atoms with van der Waals surface area (Å²) >= 11 is 0. The Morgan fingerprint density at radius 3 is 2.42 bits per heavy atom. The molecule has 0 unspecified atom stereocenters. The van der Waals surface area contributed by atoms with Gasteiger partial charge in [-0.1, -0.05) is 25.1 Å². The second kappa shape index (κ2) is 13.0. The number of para-hydroxylation sites is 1. The number of carbonyl (C=O) groups is 2. The van der Waals surface area contributed by atoms with Gasteiger partial charge in [-0.15, -0.1) is 0 Å². The highest BCUT2D eigenvalue weighted by molar-refractivity contribution is 6.01. The topological polar surface area (TPSA) is 111 Å². The van der Waals surface area contributed by atoms with E-state index in [2.05, 4.69) is 25.5 Å². The summed E-state index contributed by atoms with van der Waals surface area (Å²) in [5.74, 6) is 0.670. The Morgan fingerprint density at radius 1 is 0.933 bits per heavy atom. The molecule has 45 heavy (non-hydrogen) atoms. The fraction of sp³-hybridized carbons (Fsp3) is 0.314. The van der Waals surface area contributed by atoms with Crippen molar-refractivity contribution in [3.63, 3.8) is 0 Å². The van der Waals surface area contributed by atoms with Crippen LogP contribution in [0.5, 0.6) is 11.5 Å². The van der Waals surface area contributed by atoms with Crippen molar-refractivity contribution in [2.45, 2.75) is 38.6 Å². The van der Waals surface area contributed by atoms with Gasteiger partial charge in [0.25, 0.3) is 0 Å². The summed E-state index contributed by atoms with van der Waals surface area (Å²) in [6.07, 6.45) is 6.00. The molecule has 0 spiro atoms. The summed E-state index contributed by atoms with van der Waals surface area (Å²) in [6.45, 7) is 3.75. The van der Waals surface area contributed by atoms with E-state index in [9.17, 15) is 14.0 Å². The molecule has 0 atom stereocenters. The number of ether oxygens (including phenoxy) is 2. The van der Waals surface area contributed by atoms with Crippen LogP contribution in [0.2, 0.25) is 0 Å². The Bertz CT molecular complexity index is 1850. The Kier molecular flexibility index (Phi) is 8.75. The lowest BCUT2D eigenvalue weighted by molar-refractivity contribution is -0.121. The largest absolute Gasteiger partial charge is 0.492 e. The molecule has 6 rings (SSSR count). The van der Waals surface area contributed by atoms with E-state index in [1.54, 1.807) is 33.3 Å². The molecule has 0 saturated carbocycles. The minimum absolute atomic E-state index is 0.0820. The van der Waals surface area contributed by atoms with Crippen LogP contribution >= 0.6 is 0 Å². The highest BCUT2D eigenvalue weighted by Gasteiger charge is 2.27. The number of nitrogens with zero attached hydrogens (tertiary/aromatic N) is 1. The second-order valence-corrected chi connectivity index (χ2v) is 11.4. The van der Waals surface area contributed by atoms with E-state index in [1.165, 1.54) is 6.07 Å². The van der Waals surface area contributed by atoms with E-state index in [1.807, 2.05) is 42.7 Å². The van der Waals surface area contributed by atoms with E-state index < -0.39 is 0 Å². The Hall–Kier alpha value is -4.83. The van der Waals surface area contributed by atoms with Crippen LogP contribution in [0, 0.1) is 5.82 Å². The van der Waals surface area contributed by atoms with Crippen molar-refractivity contribution in [2.24, 2.45) is 0 Å². The molecule has 234 valence electrons. The average Bonchev–Trinajstić information content (AvgIpc) is 3.67. The number of anilines is 1. The standard InChI is InChI=1S/C35H38FN5O4/c1-4-31(42)39-17-22-15-30(34(44-2)35(45-3)33(22)27-19-38-28-8-6-5-7-24(27)28)40-32(43)20-41-13-11-21(12-14-41)26-18-37-29-10-9-23(36)16-25(26)29/h5-10,15-16,18-19,21,37-38H,4,11-14,17,20H2,1-3H3,(H,39,42)(H,40,43). The number of hydrogen-bond acceptors (Lipinski definition) is 5. The molecule has 2 amide bonds. The van der Waals surface area contributed by atoms with E-state index in [0.717, 1.165) is 70.0 Å². The predicted octanol–water partition coefficient (Wildman–Crippen LogP) is 6.32. The number of hydrogen-bond donors (Lipinski definition) is 4. The predicted molar refractivity (Wildman–Crippen MR) is 174 cm³/mol. The fourth-order valence-electron chi connectivity index (χ4n) is 6.46. The number of aromatic nitrogens is 2. The summed E-state index contributed by atoms with van der Waals surface area (Å²) in [4.78, 5) is 34.4. The Labute approximate surface area is 261 Å². The molecule has 4 N–H and O–H groups in total. The zero-order valence-corrected chi connectivity index (χ0v) is 25.8. The monoisotopic (exact) mass is 611 g/mol. The molecule has 0 aliphatic carbocycles. The van der Waals surface area contributed by atoms with Crippen molar-refractivity contribution in [2.75, 3.05) is 39.2 Å². The van der Waals surface area contributed by atoms with Crippen molar-refractivity contribution in [3.05, 3.63) is 77.9 Å². The smallest absolute Gasteiger partial charge is 0.238 e. The van der Waals surface area contributed by atoms with Gasteiger partial charge in [-0.3, -0.25) is 14.5 Å². The van der Waals surface area contributed by atoms with Crippen LogP contribution in [0.4, 0.5) is 10.1 Å². The zero-order chi connectivity index (χ0) is 31.5. The van der Waals surface area contributed by atoms with Crippen molar-refractivity contribution in [1.29, 1.82) is 0 Å². The Morgan fingerprint density at radius 2 is 1.67 bits per heavy atom. The molecule has 2 aromatic heterocycles. The van der Waals surface area contributed by atoms with Gasteiger partial charge in [0.15, 0.2) is 11.5 Å².